The van der Waals surface area contributed by atoms with Crippen LogP contribution in [0, 0.1) is 0 Å². The molecule has 0 atom stereocenters. The molecule has 1 amide bonds. The zero-order valence-corrected chi connectivity index (χ0v) is 12.5. The third-order valence-corrected chi connectivity index (χ3v) is 4.17. The van der Waals surface area contributed by atoms with Gasteiger partial charge in [0.1, 0.15) is 5.75 Å². The number of aromatic hydroxyl groups is 1. The van der Waals surface area contributed by atoms with Crippen molar-refractivity contribution >= 4 is 5.91 Å². The maximum Gasteiger partial charge on any atom is 0.255 e. The summed E-state index contributed by atoms with van der Waals surface area (Å²) < 4.78 is 0. The van der Waals surface area contributed by atoms with Crippen LogP contribution in [0.1, 0.15) is 39.9 Å². The van der Waals surface area contributed by atoms with Crippen molar-refractivity contribution in [1.29, 1.82) is 0 Å². The molecule has 0 aliphatic heterocycles. The second-order valence-electron chi connectivity index (χ2n) is 5.67. The highest BCUT2D eigenvalue weighted by Gasteiger charge is 2.19. The van der Waals surface area contributed by atoms with Crippen molar-refractivity contribution in [3.05, 3.63) is 58.9 Å². The largest absolute Gasteiger partial charge is 0.507 e. The van der Waals surface area contributed by atoms with Crippen molar-refractivity contribution < 1.29 is 9.90 Å². The topological polar surface area (TPSA) is 62.2 Å². The number of carbonyl (C=O) groups is 1. The van der Waals surface area contributed by atoms with Crippen LogP contribution in [0.2, 0.25) is 0 Å². The summed E-state index contributed by atoms with van der Waals surface area (Å²) in [6, 6.07) is 7.57. The van der Waals surface area contributed by atoms with Crippen LogP contribution in [0.4, 0.5) is 0 Å². The number of fused-ring (bicyclic) bond motifs is 1. The maximum atomic E-state index is 12.3. The van der Waals surface area contributed by atoms with Gasteiger partial charge in [-0.15, -0.1) is 0 Å². The number of phenols is 1. The fourth-order valence-corrected chi connectivity index (χ4v) is 2.95. The minimum absolute atomic E-state index is 0.163. The van der Waals surface area contributed by atoms with Crippen LogP contribution in [0.25, 0.3) is 0 Å². The highest BCUT2D eigenvalue weighted by Crippen LogP contribution is 2.31. The van der Waals surface area contributed by atoms with Crippen LogP contribution in [0.15, 0.2) is 36.7 Å². The number of amides is 1. The number of carbonyl (C=O) groups excluding carboxylic acids is 1. The summed E-state index contributed by atoms with van der Waals surface area (Å²) in [5, 5.41) is 13.2. The molecule has 0 saturated carbocycles. The van der Waals surface area contributed by atoms with Gasteiger partial charge in [-0.05, 0) is 60.9 Å². The lowest BCUT2D eigenvalue weighted by molar-refractivity contribution is 0.0951. The molecule has 0 saturated heterocycles. The maximum absolute atomic E-state index is 12.3. The fourth-order valence-electron chi connectivity index (χ4n) is 2.95. The van der Waals surface area contributed by atoms with Crippen LogP contribution in [-0.2, 0) is 19.3 Å². The first-order valence-electron chi connectivity index (χ1n) is 7.76. The zero-order chi connectivity index (χ0) is 15.4. The van der Waals surface area contributed by atoms with E-state index >= 15 is 0 Å². The van der Waals surface area contributed by atoms with E-state index in [2.05, 4.69) is 10.3 Å². The van der Waals surface area contributed by atoms with Crippen molar-refractivity contribution in [1.82, 2.24) is 10.3 Å². The highest BCUT2D eigenvalue weighted by atomic mass is 16.3. The second kappa shape index (κ2) is 6.60. The highest BCUT2D eigenvalue weighted by molar-refractivity contribution is 5.97. The Morgan fingerprint density at radius 1 is 1.23 bits per heavy atom. The number of aryl methyl sites for hydroxylation is 1. The van der Waals surface area contributed by atoms with Crippen molar-refractivity contribution in [3.8, 4) is 5.75 Å². The van der Waals surface area contributed by atoms with Gasteiger partial charge in [-0.1, -0.05) is 12.1 Å². The number of aromatic nitrogens is 1. The quantitative estimate of drug-likeness (QED) is 0.911. The Morgan fingerprint density at radius 3 is 2.91 bits per heavy atom. The van der Waals surface area contributed by atoms with E-state index in [1.165, 1.54) is 5.56 Å². The van der Waals surface area contributed by atoms with Gasteiger partial charge in [0.2, 0.25) is 0 Å². The number of benzene rings is 1. The van der Waals surface area contributed by atoms with Crippen LogP contribution < -0.4 is 5.32 Å². The minimum atomic E-state index is -0.213. The lowest BCUT2D eigenvalue weighted by atomic mass is 9.89. The van der Waals surface area contributed by atoms with E-state index in [1.54, 1.807) is 18.5 Å². The molecule has 4 heteroatoms. The number of nitrogens with one attached hydrogen (secondary N) is 1. The molecule has 114 valence electrons. The number of rotatable bonds is 4. The Kier molecular flexibility index (Phi) is 4.37. The summed E-state index contributed by atoms with van der Waals surface area (Å²) in [6.45, 7) is 0.529. The Balaban J connectivity index is 1.65. The van der Waals surface area contributed by atoms with Gasteiger partial charge in [0.15, 0.2) is 0 Å². The molecule has 3 rings (SSSR count). The molecule has 22 heavy (non-hydrogen) atoms. The molecule has 1 aromatic carbocycles. The SMILES string of the molecule is O=C(NCCc1cccnc1)c1ccc2c(c1O)CCCC2. The average Bonchev–Trinajstić information content (AvgIpc) is 2.56. The molecule has 0 unspecified atom stereocenters. The van der Waals surface area contributed by atoms with E-state index in [1.807, 2.05) is 18.2 Å². The summed E-state index contributed by atoms with van der Waals surface area (Å²) in [5.41, 5.74) is 3.59. The molecule has 4 nitrogen and oxygen atoms in total. The Labute approximate surface area is 130 Å². The molecule has 0 radical (unpaired) electrons. The van der Waals surface area contributed by atoms with Gasteiger partial charge in [-0.3, -0.25) is 9.78 Å². The predicted octanol–water partition coefficient (Wildman–Crippen LogP) is 2.64. The van der Waals surface area contributed by atoms with Gasteiger partial charge in [0, 0.05) is 18.9 Å². The monoisotopic (exact) mass is 296 g/mol. The predicted molar refractivity (Wildman–Crippen MR) is 85.0 cm³/mol. The summed E-state index contributed by atoms with van der Waals surface area (Å²) >= 11 is 0. The molecular formula is C18H20N2O2. The van der Waals surface area contributed by atoms with Gasteiger partial charge in [-0.25, -0.2) is 0 Å². The lowest BCUT2D eigenvalue weighted by Crippen LogP contribution is -2.26. The van der Waals surface area contributed by atoms with Gasteiger partial charge >= 0.3 is 0 Å². The molecule has 1 aromatic heterocycles. The summed E-state index contributed by atoms with van der Waals surface area (Å²) in [6.07, 6.45) is 8.33. The first kappa shape index (κ1) is 14.6. The summed E-state index contributed by atoms with van der Waals surface area (Å²) in [7, 11) is 0. The van der Waals surface area contributed by atoms with E-state index < -0.39 is 0 Å². The molecule has 1 aliphatic rings. The third-order valence-electron chi connectivity index (χ3n) is 4.17. The molecule has 0 spiro atoms. The number of hydrogen-bond acceptors (Lipinski definition) is 3. The molecule has 1 aliphatic carbocycles. The molecule has 1 heterocycles. The third kappa shape index (κ3) is 3.11. The zero-order valence-electron chi connectivity index (χ0n) is 12.5. The van der Waals surface area contributed by atoms with E-state index in [0.717, 1.165) is 43.2 Å². The van der Waals surface area contributed by atoms with Gasteiger partial charge in [-0.2, -0.15) is 0 Å². The molecule has 2 aromatic rings. The van der Waals surface area contributed by atoms with Gasteiger partial charge < -0.3 is 10.4 Å². The van der Waals surface area contributed by atoms with Gasteiger partial charge in [0.05, 0.1) is 5.56 Å². The first-order chi connectivity index (χ1) is 10.8. The lowest BCUT2D eigenvalue weighted by Gasteiger charge is -2.18. The standard InChI is InChI=1S/C18H20N2O2/c21-17-15-6-2-1-5-14(15)7-8-16(17)18(22)20-11-9-13-4-3-10-19-12-13/h3-4,7-8,10,12,21H,1-2,5-6,9,11H2,(H,20,22). The molecule has 2 N–H and O–H groups in total. The smallest absolute Gasteiger partial charge is 0.255 e. The van der Waals surface area contributed by atoms with Crippen molar-refractivity contribution in [2.75, 3.05) is 6.54 Å². The van der Waals surface area contributed by atoms with E-state index in [0.29, 0.717) is 12.1 Å². The van der Waals surface area contributed by atoms with Crippen LogP contribution in [-0.4, -0.2) is 22.5 Å². The number of pyridine rings is 1. The van der Waals surface area contributed by atoms with Crippen molar-refractivity contribution in [3.63, 3.8) is 0 Å². The summed E-state index contributed by atoms with van der Waals surface area (Å²) in [4.78, 5) is 16.3. The fraction of sp³-hybridized carbons (Fsp3) is 0.333. The van der Waals surface area contributed by atoms with Gasteiger partial charge in [0.25, 0.3) is 5.91 Å². The Morgan fingerprint density at radius 2 is 2.09 bits per heavy atom. The Hall–Kier alpha value is -2.36. The summed E-state index contributed by atoms with van der Waals surface area (Å²) in [5.74, 6) is -0.0501. The van der Waals surface area contributed by atoms with Crippen LogP contribution in [0.5, 0.6) is 5.75 Å². The molecule has 0 bridgehead atoms. The van der Waals surface area contributed by atoms with Crippen LogP contribution in [0.3, 0.4) is 0 Å². The van der Waals surface area contributed by atoms with Crippen molar-refractivity contribution in [2.24, 2.45) is 0 Å². The number of phenolic OH excluding ortho intramolecular Hbond substituents is 1. The van der Waals surface area contributed by atoms with Crippen molar-refractivity contribution in [2.45, 2.75) is 32.1 Å². The second-order valence-corrected chi connectivity index (χ2v) is 5.67. The first-order valence-corrected chi connectivity index (χ1v) is 7.76. The average molecular weight is 296 g/mol. The van der Waals surface area contributed by atoms with E-state index in [-0.39, 0.29) is 11.7 Å². The number of nitrogens with zero attached hydrogens (tertiary/aromatic N) is 1. The normalized spacial score (nSPS) is 13.5. The molecule has 0 fully saturated rings. The van der Waals surface area contributed by atoms with E-state index in [9.17, 15) is 9.90 Å². The minimum Gasteiger partial charge on any atom is -0.507 e. The van der Waals surface area contributed by atoms with E-state index in [4.69, 9.17) is 0 Å². The molecular weight excluding hydrogens is 276 g/mol. The Bertz CT molecular complexity index is 668. The van der Waals surface area contributed by atoms with Crippen LogP contribution >= 0.6 is 0 Å². The number of hydrogen-bond donors (Lipinski definition) is 2.